The van der Waals surface area contributed by atoms with Gasteiger partial charge in [-0.1, -0.05) is 30.3 Å². The second kappa shape index (κ2) is 7.97. The van der Waals surface area contributed by atoms with E-state index in [1.807, 2.05) is 36.4 Å². The molecule has 2 aromatic rings. The van der Waals surface area contributed by atoms with Gasteiger partial charge in [0.25, 0.3) is 0 Å². The summed E-state index contributed by atoms with van der Waals surface area (Å²) in [6, 6.07) is 13.3. The molecule has 126 valence electrons. The summed E-state index contributed by atoms with van der Waals surface area (Å²) in [4.78, 5) is 34.5. The maximum Gasteiger partial charge on any atom is 0.416 e. The highest BCUT2D eigenvalue weighted by Crippen LogP contribution is 2.32. The molecule has 8 nitrogen and oxygen atoms in total. The highest BCUT2D eigenvalue weighted by atomic mass is 32.1. The average molecular weight is 349 g/mol. The zero-order valence-electron chi connectivity index (χ0n) is 12.4. The van der Waals surface area contributed by atoms with Gasteiger partial charge in [0.15, 0.2) is 6.10 Å². The summed E-state index contributed by atoms with van der Waals surface area (Å²) in [5.74, 6) is 0. The molecule has 0 fully saturated rings. The molecule has 0 saturated heterocycles. The standard InChI is InChI=1S/C15H15N3O5S/c16-13(19)22-10(8-18-15(21)23-14(17)20)12-7-6-11(24-12)9-4-2-1-3-5-9/h1-7,10H,8H2,(H2,16,19)(H2,17,20)(H,18,21). The minimum atomic E-state index is -1.23. The summed E-state index contributed by atoms with van der Waals surface area (Å²) >= 11 is 1.39. The molecule has 1 aromatic heterocycles. The van der Waals surface area contributed by atoms with Crippen molar-refractivity contribution in [1.29, 1.82) is 0 Å². The lowest BCUT2D eigenvalue weighted by Crippen LogP contribution is -2.34. The molecule has 3 amide bonds. The van der Waals surface area contributed by atoms with Crippen molar-refractivity contribution in [2.45, 2.75) is 6.10 Å². The normalized spacial score (nSPS) is 11.3. The summed E-state index contributed by atoms with van der Waals surface area (Å²) < 4.78 is 9.14. The van der Waals surface area contributed by atoms with Crippen LogP contribution in [0.1, 0.15) is 11.0 Å². The third kappa shape index (κ3) is 4.99. The van der Waals surface area contributed by atoms with Gasteiger partial charge in [0.2, 0.25) is 0 Å². The van der Waals surface area contributed by atoms with E-state index in [9.17, 15) is 14.4 Å². The molecule has 0 radical (unpaired) electrons. The molecule has 0 aliphatic rings. The van der Waals surface area contributed by atoms with Gasteiger partial charge in [-0.05, 0) is 17.7 Å². The van der Waals surface area contributed by atoms with Crippen molar-refractivity contribution in [1.82, 2.24) is 5.32 Å². The summed E-state index contributed by atoms with van der Waals surface area (Å²) in [5.41, 5.74) is 10.8. The first-order valence-electron chi connectivity index (χ1n) is 6.82. The lowest BCUT2D eigenvalue weighted by atomic mass is 10.2. The highest BCUT2D eigenvalue weighted by molar-refractivity contribution is 7.15. The summed E-state index contributed by atoms with van der Waals surface area (Å²) in [6.45, 7) is -0.121. The van der Waals surface area contributed by atoms with Crippen LogP contribution in [0.2, 0.25) is 0 Å². The molecule has 0 aliphatic carbocycles. The molecule has 2 rings (SSSR count). The lowest BCUT2D eigenvalue weighted by molar-refractivity contribution is 0.104. The van der Waals surface area contributed by atoms with Crippen molar-refractivity contribution in [3.05, 3.63) is 47.3 Å². The van der Waals surface area contributed by atoms with Gasteiger partial charge in [-0.3, -0.25) is 0 Å². The van der Waals surface area contributed by atoms with Crippen molar-refractivity contribution >= 4 is 29.6 Å². The highest BCUT2D eigenvalue weighted by Gasteiger charge is 2.20. The third-order valence-electron chi connectivity index (χ3n) is 2.89. The first-order chi connectivity index (χ1) is 11.5. The van der Waals surface area contributed by atoms with E-state index < -0.39 is 24.4 Å². The fraction of sp³-hybridized carbons (Fsp3) is 0.133. The van der Waals surface area contributed by atoms with E-state index in [2.05, 4.69) is 10.1 Å². The Hall–Kier alpha value is -3.07. The number of hydrogen-bond acceptors (Lipinski definition) is 6. The second-order valence-electron chi connectivity index (χ2n) is 4.58. The molecule has 1 aromatic carbocycles. The number of carbonyl (C=O) groups excluding carboxylic acids is 3. The number of thiophene rings is 1. The van der Waals surface area contributed by atoms with Gasteiger partial charge in [-0.25, -0.2) is 14.4 Å². The topological polar surface area (TPSA) is 134 Å². The van der Waals surface area contributed by atoms with Gasteiger partial charge in [0.05, 0.1) is 6.54 Å². The summed E-state index contributed by atoms with van der Waals surface area (Å²) in [7, 11) is 0. The van der Waals surface area contributed by atoms with Crippen LogP contribution in [0.25, 0.3) is 10.4 Å². The Bertz CT molecular complexity index is 732. The number of rotatable bonds is 5. The summed E-state index contributed by atoms with van der Waals surface area (Å²) in [5, 5.41) is 2.28. The maximum absolute atomic E-state index is 11.3. The monoisotopic (exact) mass is 349 g/mol. The number of amides is 3. The molecule has 5 N–H and O–H groups in total. The SMILES string of the molecule is NC(=O)OC(=O)NCC(OC(N)=O)c1ccc(-c2ccccc2)s1. The van der Waals surface area contributed by atoms with Crippen LogP contribution in [-0.4, -0.2) is 24.8 Å². The number of alkyl carbamates (subject to hydrolysis) is 1. The van der Waals surface area contributed by atoms with Gasteiger partial charge >= 0.3 is 18.3 Å². The van der Waals surface area contributed by atoms with E-state index in [0.717, 1.165) is 10.4 Å². The van der Waals surface area contributed by atoms with Gasteiger partial charge in [-0.2, -0.15) is 0 Å². The van der Waals surface area contributed by atoms with Crippen molar-refractivity contribution in [3.63, 3.8) is 0 Å². The van der Waals surface area contributed by atoms with Crippen molar-refractivity contribution in [3.8, 4) is 10.4 Å². The number of carbonyl (C=O) groups is 3. The van der Waals surface area contributed by atoms with Crippen LogP contribution in [0.15, 0.2) is 42.5 Å². The van der Waals surface area contributed by atoms with E-state index in [4.69, 9.17) is 16.2 Å². The van der Waals surface area contributed by atoms with E-state index in [1.165, 1.54) is 11.3 Å². The first kappa shape index (κ1) is 17.3. The molecule has 24 heavy (non-hydrogen) atoms. The molecule has 0 bridgehead atoms. The number of nitrogens with two attached hydrogens (primary N) is 2. The lowest BCUT2D eigenvalue weighted by Gasteiger charge is -2.15. The predicted octanol–water partition coefficient (Wildman–Crippen LogP) is 2.36. The number of benzene rings is 1. The van der Waals surface area contributed by atoms with Crippen molar-refractivity contribution in [2.75, 3.05) is 6.54 Å². The van der Waals surface area contributed by atoms with Crippen LogP contribution in [-0.2, 0) is 9.47 Å². The van der Waals surface area contributed by atoms with Gasteiger partial charge < -0.3 is 26.3 Å². The Balaban J connectivity index is 2.10. The van der Waals surface area contributed by atoms with Crippen LogP contribution in [0.4, 0.5) is 14.4 Å². The van der Waals surface area contributed by atoms with Crippen LogP contribution < -0.4 is 16.8 Å². The molecule has 0 aliphatic heterocycles. The number of primary amides is 2. The molecule has 1 unspecified atom stereocenters. The molecular formula is C15H15N3O5S. The van der Waals surface area contributed by atoms with E-state index >= 15 is 0 Å². The minimum Gasteiger partial charge on any atom is -0.439 e. The quantitative estimate of drug-likeness (QED) is 0.712. The van der Waals surface area contributed by atoms with E-state index in [0.29, 0.717) is 4.88 Å². The first-order valence-corrected chi connectivity index (χ1v) is 7.63. The van der Waals surface area contributed by atoms with Gasteiger partial charge in [-0.15, -0.1) is 11.3 Å². The molecule has 9 heteroatoms. The number of ether oxygens (including phenoxy) is 2. The second-order valence-corrected chi connectivity index (χ2v) is 5.70. The predicted molar refractivity (Wildman–Crippen MR) is 87.2 cm³/mol. The minimum absolute atomic E-state index is 0.121. The van der Waals surface area contributed by atoms with Crippen LogP contribution >= 0.6 is 11.3 Å². The number of nitrogens with one attached hydrogen (secondary N) is 1. The molecule has 0 spiro atoms. The Morgan fingerprint density at radius 2 is 1.75 bits per heavy atom. The third-order valence-corrected chi connectivity index (χ3v) is 4.11. The number of hydrogen-bond donors (Lipinski definition) is 3. The smallest absolute Gasteiger partial charge is 0.416 e. The zero-order chi connectivity index (χ0) is 17.5. The Morgan fingerprint density at radius 1 is 1.04 bits per heavy atom. The largest absolute Gasteiger partial charge is 0.439 e. The fourth-order valence-corrected chi connectivity index (χ4v) is 2.97. The Labute approximate surface area is 141 Å². The van der Waals surface area contributed by atoms with Crippen LogP contribution in [0.3, 0.4) is 0 Å². The van der Waals surface area contributed by atoms with Crippen molar-refractivity contribution in [2.24, 2.45) is 11.5 Å². The average Bonchev–Trinajstić information content (AvgIpc) is 3.01. The van der Waals surface area contributed by atoms with E-state index in [-0.39, 0.29) is 6.54 Å². The Kier molecular flexibility index (Phi) is 5.74. The Morgan fingerprint density at radius 3 is 2.38 bits per heavy atom. The maximum atomic E-state index is 11.3. The zero-order valence-corrected chi connectivity index (χ0v) is 13.2. The van der Waals surface area contributed by atoms with Crippen LogP contribution in [0.5, 0.6) is 0 Å². The van der Waals surface area contributed by atoms with E-state index in [1.54, 1.807) is 6.07 Å². The molecule has 0 saturated carbocycles. The molecule has 1 heterocycles. The van der Waals surface area contributed by atoms with Crippen molar-refractivity contribution < 1.29 is 23.9 Å². The van der Waals surface area contributed by atoms with Crippen LogP contribution in [0, 0.1) is 0 Å². The van der Waals surface area contributed by atoms with Gasteiger partial charge in [0.1, 0.15) is 0 Å². The summed E-state index contributed by atoms with van der Waals surface area (Å²) in [6.07, 6.45) is -4.08. The fourth-order valence-electron chi connectivity index (χ4n) is 1.93. The molecular weight excluding hydrogens is 334 g/mol. The molecule has 1 atom stereocenters. The van der Waals surface area contributed by atoms with Gasteiger partial charge in [0, 0.05) is 9.75 Å².